The molecule has 0 radical (unpaired) electrons. The number of benzene rings is 1. The summed E-state index contributed by atoms with van der Waals surface area (Å²) in [7, 11) is 0. The Labute approximate surface area is 160 Å². The average Bonchev–Trinajstić information content (AvgIpc) is 2.45. The van der Waals surface area contributed by atoms with E-state index in [2.05, 4.69) is 16.0 Å². The molecule has 8 heteroatoms. The minimum absolute atomic E-state index is 0.395. The zero-order valence-electron chi connectivity index (χ0n) is 16.9. The van der Waals surface area contributed by atoms with Gasteiger partial charge in [0, 0.05) is 11.4 Å². The summed E-state index contributed by atoms with van der Waals surface area (Å²) in [5.41, 5.74) is -0.179. The number of nitrogens with one attached hydrogen (secondary N) is 3. The van der Waals surface area contributed by atoms with E-state index in [0.29, 0.717) is 11.4 Å². The summed E-state index contributed by atoms with van der Waals surface area (Å²) in [6.45, 7) is 12.1. The molecule has 0 aliphatic carbocycles. The van der Waals surface area contributed by atoms with E-state index >= 15 is 0 Å². The normalized spacial score (nSPS) is 12.6. The Hall–Kier alpha value is -2.77. The van der Waals surface area contributed by atoms with Crippen LogP contribution in [0, 0.1) is 0 Å². The molecular weight excluding hydrogens is 350 g/mol. The van der Waals surface area contributed by atoms with Crippen molar-refractivity contribution in [3.8, 4) is 0 Å². The molecule has 0 saturated heterocycles. The number of hydrogen-bond acceptors (Lipinski definition) is 5. The minimum atomic E-state index is -0.778. The summed E-state index contributed by atoms with van der Waals surface area (Å²) in [6, 6.07) is 5.74. The van der Waals surface area contributed by atoms with E-state index < -0.39 is 35.3 Å². The van der Waals surface area contributed by atoms with E-state index in [0.717, 1.165) is 0 Å². The molecule has 3 amide bonds. The van der Waals surface area contributed by atoms with Gasteiger partial charge in [-0.25, -0.2) is 9.59 Å². The van der Waals surface area contributed by atoms with Gasteiger partial charge < -0.3 is 20.1 Å². The van der Waals surface area contributed by atoms with Gasteiger partial charge in [-0.05, 0) is 72.7 Å². The Morgan fingerprint density at radius 1 is 0.778 bits per heavy atom. The van der Waals surface area contributed by atoms with Crippen LogP contribution >= 0.6 is 0 Å². The molecule has 150 valence electrons. The van der Waals surface area contributed by atoms with Crippen LogP contribution in [0.2, 0.25) is 0 Å². The number of hydrogen-bond donors (Lipinski definition) is 3. The highest BCUT2D eigenvalue weighted by Crippen LogP contribution is 2.16. The van der Waals surface area contributed by atoms with Crippen molar-refractivity contribution in [1.82, 2.24) is 5.32 Å². The van der Waals surface area contributed by atoms with Crippen LogP contribution in [0.1, 0.15) is 48.5 Å². The first kappa shape index (κ1) is 22.3. The molecule has 1 rings (SSSR count). The van der Waals surface area contributed by atoms with Crippen molar-refractivity contribution in [2.45, 2.75) is 65.7 Å². The van der Waals surface area contributed by atoms with Crippen LogP contribution in [-0.4, -0.2) is 35.3 Å². The number of carbonyl (C=O) groups excluding carboxylic acids is 3. The molecule has 0 heterocycles. The Bertz CT molecular complexity index is 672. The molecule has 0 bridgehead atoms. The monoisotopic (exact) mass is 379 g/mol. The summed E-state index contributed by atoms with van der Waals surface area (Å²) in [6.07, 6.45) is -1.23. The largest absolute Gasteiger partial charge is 0.444 e. The summed E-state index contributed by atoms with van der Waals surface area (Å²) in [4.78, 5) is 35.6. The zero-order valence-corrected chi connectivity index (χ0v) is 16.9. The molecule has 0 aromatic heterocycles. The van der Waals surface area contributed by atoms with Crippen molar-refractivity contribution in [3.63, 3.8) is 0 Å². The lowest BCUT2D eigenvalue weighted by molar-refractivity contribution is -0.117. The third-order valence-electron chi connectivity index (χ3n) is 2.92. The molecule has 0 fully saturated rings. The van der Waals surface area contributed by atoms with Gasteiger partial charge in [0.25, 0.3) is 0 Å². The van der Waals surface area contributed by atoms with Gasteiger partial charge in [-0.2, -0.15) is 0 Å². The van der Waals surface area contributed by atoms with Gasteiger partial charge in [-0.3, -0.25) is 10.1 Å². The lowest BCUT2D eigenvalue weighted by Gasteiger charge is -2.21. The predicted molar refractivity (Wildman–Crippen MR) is 104 cm³/mol. The van der Waals surface area contributed by atoms with E-state index in [4.69, 9.17) is 9.47 Å². The quantitative estimate of drug-likeness (QED) is 0.736. The van der Waals surface area contributed by atoms with E-state index in [1.54, 1.807) is 72.7 Å². The number of anilines is 2. The SMILES string of the molecule is C[C@H](NC(=O)OC(C)(C)C)C(=O)Nc1ccc(NC(=O)OC(C)(C)C)cc1. The van der Waals surface area contributed by atoms with Crippen LogP contribution in [0.5, 0.6) is 0 Å². The van der Waals surface area contributed by atoms with Crippen molar-refractivity contribution >= 4 is 29.5 Å². The van der Waals surface area contributed by atoms with Crippen molar-refractivity contribution in [2.24, 2.45) is 0 Å². The highest BCUT2D eigenvalue weighted by molar-refractivity contribution is 5.96. The molecule has 0 aliphatic heterocycles. The van der Waals surface area contributed by atoms with Crippen molar-refractivity contribution in [1.29, 1.82) is 0 Å². The fourth-order valence-corrected chi connectivity index (χ4v) is 1.86. The lowest BCUT2D eigenvalue weighted by atomic mass is 10.2. The maximum Gasteiger partial charge on any atom is 0.412 e. The first-order valence-electron chi connectivity index (χ1n) is 8.65. The Balaban J connectivity index is 2.55. The molecular formula is C19H29N3O5. The van der Waals surface area contributed by atoms with E-state index in [9.17, 15) is 14.4 Å². The number of alkyl carbamates (subject to hydrolysis) is 1. The van der Waals surface area contributed by atoms with Crippen molar-refractivity contribution in [2.75, 3.05) is 10.6 Å². The first-order valence-corrected chi connectivity index (χ1v) is 8.65. The molecule has 1 atom stereocenters. The van der Waals surface area contributed by atoms with Crippen LogP contribution in [0.15, 0.2) is 24.3 Å². The van der Waals surface area contributed by atoms with Gasteiger partial charge in [-0.1, -0.05) is 0 Å². The second-order valence-electron chi connectivity index (χ2n) is 8.06. The predicted octanol–water partition coefficient (Wildman–Crippen LogP) is 3.89. The Morgan fingerprint density at radius 3 is 1.63 bits per heavy atom. The topological polar surface area (TPSA) is 106 Å². The zero-order chi connectivity index (χ0) is 20.8. The smallest absolute Gasteiger partial charge is 0.412 e. The first-order chi connectivity index (χ1) is 12.2. The maximum absolute atomic E-state index is 12.2. The molecule has 0 aliphatic rings. The number of amides is 3. The van der Waals surface area contributed by atoms with Gasteiger partial charge in [0.2, 0.25) is 5.91 Å². The van der Waals surface area contributed by atoms with Crippen LogP contribution in [0.25, 0.3) is 0 Å². The van der Waals surface area contributed by atoms with Crippen LogP contribution < -0.4 is 16.0 Å². The number of carbonyl (C=O) groups is 3. The summed E-state index contributed by atoms with van der Waals surface area (Å²) in [5, 5.41) is 7.75. The molecule has 3 N–H and O–H groups in total. The Kier molecular flexibility index (Phi) is 7.21. The summed E-state index contributed by atoms with van der Waals surface area (Å²) < 4.78 is 10.3. The molecule has 27 heavy (non-hydrogen) atoms. The molecule has 0 spiro atoms. The fraction of sp³-hybridized carbons (Fsp3) is 0.526. The lowest BCUT2D eigenvalue weighted by Crippen LogP contribution is -2.43. The molecule has 1 aromatic rings. The van der Waals surface area contributed by atoms with Crippen LogP contribution in [0.4, 0.5) is 21.0 Å². The summed E-state index contributed by atoms with van der Waals surface area (Å²) in [5.74, 6) is -0.395. The standard InChI is InChI=1S/C19H29N3O5/c1-12(20-16(24)26-18(2,3)4)15(23)21-13-8-10-14(11-9-13)22-17(25)27-19(5,6)7/h8-12H,1-7H3,(H,20,24)(H,21,23)(H,22,25)/t12-/m0/s1. The molecule has 8 nitrogen and oxygen atoms in total. The van der Waals surface area contributed by atoms with E-state index in [-0.39, 0.29) is 0 Å². The van der Waals surface area contributed by atoms with Crippen molar-refractivity contribution in [3.05, 3.63) is 24.3 Å². The average molecular weight is 379 g/mol. The van der Waals surface area contributed by atoms with Gasteiger partial charge in [0.05, 0.1) is 0 Å². The van der Waals surface area contributed by atoms with Gasteiger partial charge in [-0.15, -0.1) is 0 Å². The third-order valence-corrected chi connectivity index (χ3v) is 2.92. The number of rotatable bonds is 4. The fourth-order valence-electron chi connectivity index (χ4n) is 1.86. The summed E-state index contributed by atoms with van der Waals surface area (Å²) >= 11 is 0. The Morgan fingerprint density at radius 2 is 1.19 bits per heavy atom. The second kappa shape index (κ2) is 8.75. The van der Waals surface area contributed by atoms with Gasteiger partial charge >= 0.3 is 12.2 Å². The minimum Gasteiger partial charge on any atom is -0.444 e. The van der Waals surface area contributed by atoms with Crippen LogP contribution in [0.3, 0.4) is 0 Å². The van der Waals surface area contributed by atoms with Crippen molar-refractivity contribution < 1.29 is 23.9 Å². The molecule has 1 aromatic carbocycles. The van der Waals surface area contributed by atoms with Gasteiger partial charge in [0.1, 0.15) is 17.2 Å². The van der Waals surface area contributed by atoms with E-state index in [1.165, 1.54) is 0 Å². The molecule has 0 saturated carbocycles. The third kappa shape index (κ3) is 9.48. The molecule has 0 unspecified atom stereocenters. The highest BCUT2D eigenvalue weighted by atomic mass is 16.6. The van der Waals surface area contributed by atoms with Crippen LogP contribution in [-0.2, 0) is 14.3 Å². The van der Waals surface area contributed by atoms with Gasteiger partial charge in [0.15, 0.2) is 0 Å². The second-order valence-corrected chi connectivity index (χ2v) is 8.06. The van der Waals surface area contributed by atoms with E-state index in [1.807, 2.05) is 0 Å². The highest BCUT2D eigenvalue weighted by Gasteiger charge is 2.21. The number of ether oxygens (including phenoxy) is 2. The maximum atomic E-state index is 12.2.